The van der Waals surface area contributed by atoms with Crippen molar-refractivity contribution >= 4 is 33.3 Å². The third-order valence-electron chi connectivity index (χ3n) is 3.05. The Morgan fingerprint density at radius 2 is 1.88 bits per heavy atom. The van der Waals surface area contributed by atoms with Gasteiger partial charge in [0.2, 0.25) is 0 Å². The van der Waals surface area contributed by atoms with E-state index in [1.54, 1.807) is 0 Å². The summed E-state index contributed by atoms with van der Waals surface area (Å²) < 4.78 is 50.1. The van der Waals surface area contributed by atoms with Crippen LogP contribution >= 0.6 is 11.6 Å². The van der Waals surface area contributed by atoms with Gasteiger partial charge in [-0.15, -0.1) is 0 Å². The number of hydrogen-bond donors (Lipinski definition) is 1. The molecule has 2 aromatic carbocycles. The number of rotatable bonds is 5. The van der Waals surface area contributed by atoms with Crippen LogP contribution in [-0.4, -0.2) is 28.6 Å². The van der Waals surface area contributed by atoms with Crippen molar-refractivity contribution in [3.8, 4) is 5.75 Å². The average molecular weight is 374 g/mol. The first kappa shape index (κ1) is 18.0. The second-order valence-corrected chi connectivity index (χ2v) is 6.64. The number of anilines is 1. The summed E-state index contributed by atoms with van der Waals surface area (Å²) in [4.78, 5) is 11.1. The minimum atomic E-state index is -4.20. The van der Waals surface area contributed by atoms with Crippen molar-refractivity contribution in [2.24, 2.45) is 0 Å². The fourth-order valence-corrected chi connectivity index (χ4v) is 3.38. The molecule has 128 valence electrons. The van der Waals surface area contributed by atoms with Crippen LogP contribution < -0.4 is 9.46 Å². The van der Waals surface area contributed by atoms with Gasteiger partial charge in [0.1, 0.15) is 16.5 Å². The topological polar surface area (TPSA) is 81.7 Å². The highest BCUT2D eigenvalue weighted by Gasteiger charge is 2.22. The highest BCUT2D eigenvalue weighted by Crippen LogP contribution is 2.30. The van der Waals surface area contributed by atoms with Crippen molar-refractivity contribution in [1.29, 1.82) is 0 Å². The molecule has 0 aliphatic carbocycles. The van der Waals surface area contributed by atoms with Gasteiger partial charge in [-0.1, -0.05) is 11.6 Å². The fraction of sp³-hybridized carbons (Fsp3) is 0.133. The first-order valence-electron chi connectivity index (χ1n) is 6.52. The Morgan fingerprint density at radius 1 is 1.17 bits per heavy atom. The smallest absolute Gasteiger partial charge is 0.337 e. The van der Waals surface area contributed by atoms with Gasteiger partial charge >= 0.3 is 5.97 Å². The van der Waals surface area contributed by atoms with Crippen molar-refractivity contribution < 1.29 is 27.1 Å². The van der Waals surface area contributed by atoms with Crippen LogP contribution in [0.1, 0.15) is 10.4 Å². The van der Waals surface area contributed by atoms with Gasteiger partial charge in [0.05, 0.1) is 30.5 Å². The minimum Gasteiger partial charge on any atom is -0.495 e. The number of nitrogens with one attached hydrogen (secondary N) is 1. The van der Waals surface area contributed by atoms with Gasteiger partial charge in [0.25, 0.3) is 10.0 Å². The number of halogens is 2. The largest absolute Gasteiger partial charge is 0.495 e. The van der Waals surface area contributed by atoms with Crippen molar-refractivity contribution in [3.63, 3.8) is 0 Å². The van der Waals surface area contributed by atoms with E-state index in [0.717, 1.165) is 12.1 Å². The molecule has 0 aromatic heterocycles. The summed E-state index contributed by atoms with van der Waals surface area (Å²) in [5.41, 5.74) is 0.0525. The van der Waals surface area contributed by atoms with Crippen LogP contribution in [0, 0.1) is 5.82 Å². The first-order valence-corrected chi connectivity index (χ1v) is 8.39. The SMILES string of the molecule is COC(=O)c1ccc(Cl)c(NS(=O)(=O)c2cc(F)ccc2OC)c1. The normalized spacial score (nSPS) is 11.0. The van der Waals surface area contributed by atoms with Crippen LogP contribution in [0.25, 0.3) is 0 Å². The molecule has 6 nitrogen and oxygen atoms in total. The molecule has 0 saturated carbocycles. The van der Waals surface area contributed by atoms with Crippen molar-refractivity contribution in [2.45, 2.75) is 4.90 Å². The standard InChI is InChI=1S/C15H13ClFNO5S/c1-22-13-6-4-10(17)8-14(13)24(20,21)18-12-7-9(15(19)23-2)3-5-11(12)16/h3-8,18H,1-2H3. The molecule has 2 rings (SSSR count). The molecular weight excluding hydrogens is 361 g/mol. The number of hydrogen-bond acceptors (Lipinski definition) is 5. The molecule has 0 aliphatic rings. The van der Waals surface area contributed by atoms with E-state index < -0.39 is 26.7 Å². The second-order valence-electron chi connectivity index (χ2n) is 4.59. The Hall–Kier alpha value is -2.32. The minimum absolute atomic E-state index is 0.0378. The number of carbonyl (C=O) groups excluding carboxylic acids is 1. The van der Waals surface area contributed by atoms with Crippen LogP contribution in [0.3, 0.4) is 0 Å². The van der Waals surface area contributed by atoms with Crippen LogP contribution in [0.4, 0.5) is 10.1 Å². The molecular formula is C15H13ClFNO5S. The molecule has 0 atom stereocenters. The van der Waals surface area contributed by atoms with Gasteiger partial charge in [0.15, 0.2) is 0 Å². The van der Waals surface area contributed by atoms with Gasteiger partial charge in [-0.2, -0.15) is 0 Å². The highest BCUT2D eigenvalue weighted by molar-refractivity contribution is 7.92. The van der Waals surface area contributed by atoms with E-state index >= 15 is 0 Å². The van der Waals surface area contributed by atoms with Crippen LogP contribution in [0.5, 0.6) is 5.75 Å². The maximum absolute atomic E-state index is 13.4. The van der Waals surface area contributed by atoms with E-state index in [9.17, 15) is 17.6 Å². The predicted molar refractivity (Wildman–Crippen MR) is 86.6 cm³/mol. The van der Waals surface area contributed by atoms with Gasteiger partial charge in [-0.05, 0) is 36.4 Å². The Morgan fingerprint density at radius 3 is 2.50 bits per heavy atom. The van der Waals surface area contributed by atoms with Crippen LogP contribution in [0.15, 0.2) is 41.3 Å². The molecule has 0 radical (unpaired) electrons. The summed E-state index contributed by atoms with van der Waals surface area (Å²) in [5.74, 6) is -1.44. The Kier molecular flexibility index (Phi) is 5.30. The number of benzene rings is 2. The third-order valence-corrected chi connectivity index (χ3v) is 4.76. The van der Waals surface area contributed by atoms with E-state index in [-0.39, 0.29) is 22.0 Å². The summed E-state index contributed by atoms with van der Waals surface area (Å²) in [5, 5.41) is 0.0570. The van der Waals surface area contributed by atoms with Crippen LogP contribution in [-0.2, 0) is 14.8 Å². The molecule has 24 heavy (non-hydrogen) atoms. The molecule has 0 fully saturated rings. The molecule has 0 heterocycles. The van der Waals surface area contributed by atoms with Crippen LogP contribution in [0.2, 0.25) is 5.02 Å². The Balaban J connectivity index is 2.47. The molecule has 0 saturated heterocycles. The zero-order valence-electron chi connectivity index (χ0n) is 12.7. The number of carbonyl (C=O) groups is 1. The molecule has 0 aliphatic heterocycles. The second kappa shape index (κ2) is 7.06. The highest BCUT2D eigenvalue weighted by atomic mass is 35.5. The monoisotopic (exact) mass is 373 g/mol. The molecule has 1 N–H and O–H groups in total. The number of esters is 1. The van der Waals surface area contributed by atoms with Gasteiger partial charge in [-0.3, -0.25) is 4.72 Å². The zero-order chi connectivity index (χ0) is 17.9. The van der Waals surface area contributed by atoms with Gasteiger partial charge in [0, 0.05) is 0 Å². The summed E-state index contributed by atoms with van der Waals surface area (Å²) in [6.07, 6.45) is 0. The van der Waals surface area contributed by atoms with Crippen molar-refractivity contribution in [3.05, 3.63) is 52.8 Å². The lowest BCUT2D eigenvalue weighted by atomic mass is 10.2. The van der Waals surface area contributed by atoms with E-state index in [1.807, 2.05) is 0 Å². The summed E-state index contributed by atoms with van der Waals surface area (Å²) >= 11 is 5.96. The lowest BCUT2D eigenvalue weighted by Gasteiger charge is -2.13. The maximum Gasteiger partial charge on any atom is 0.337 e. The maximum atomic E-state index is 13.4. The van der Waals surface area contributed by atoms with E-state index in [1.165, 1.54) is 38.5 Å². The van der Waals surface area contributed by atoms with Gasteiger partial charge in [-0.25, -0.2) is 17.6 Å². The summed E-state index contributed by atoms with van der Waals surface area (Å²) in [6, 6.07) is 7.03. The average Bonchev–Trinajstić information content (AvgIpc) is 2.56. The van der Waals surface area contributed by atoms with E-state index in [4.69, 9.17) is 16.3 Å². The summed E-state index contributed by atoms with van der Waals surface area (Å²) in [7, 11) is -1.75. The summed E-state index contributed by atoms with van der Waals surface area (Å²) in [6.45, 7) is 0. The Bertz CT molecular complexity index is 885. The fourth-order valence-electron chi connectivity index (χ4n) is 1.91. The molecule has 0 spiro atoms. The predicted octanol–water partition coefficient (Wildman–Crippen LogP) is 3.08. The molecule has 9 heteroatoms. The first-order chi connectivity index (χ1) is 11.3. The molecule has 0 unspecified atom stereocenters. The van der Waals surface area contributed by atoms with Crippen molar-refractivity contribution in [2.75, 3.05) is 18.9 Å². The van der Waals surface area contributed by atoms with Crippen molar-refractivity contribution in [1.82, 2.24) is 0 Å². The number of methoxy groups -OCH3 is 2. The Labute approximate surface area is 143 Å². The third kappa shape index (κ3) is 3.77. The lowest BCUT2D eigenvalue weighted by molar-refractivity contribution is 0.0601. The molecule has 0 amide bonds. The lowest BCUT2D eigenvalue weighted by Crippen LogP contribution is -2.15. The number of sulfonamides is 1. The molecule has 2 aromatic rings. The quantitative estimate of drug-likeness (QED) is 0.814. The van der Waals surface area contributed by atoms with Gasteiger partial charge < -0.3 is 9.47 Å². The zero-order valence-corrected chi connectivity index (χ0v) is 14.2. The van der Waals surface area contributed by atoms with E-state index in [2.05, 4.69) is 9.46 Å². The van der Waals surface area contributed by atoms with E-state index in [0.29, 0.717) is 0 Å². The molecule has 0 bridgehead atoms. The number of ether oxygens (including phenoxy) is 2.